The largest absolute Gasteiger partial charge is 0.481 e. The maximum atomic E-state index is 11.1. The number of carboxylic acids is 1. The summed E-state index contributed by atoms with van der Waals surface area (Å²) >= 11 is 0. The number of aromatic nitrogens is 2. The number of carboxylic acid groups (broad SMARTS) is 1. The lowest BCUT2D eigenvalue weighted by Gasteiger charge is -2.37. The van der Waals surface area contributed by atoms with Crippen molar-refractivity contribution in [1.29, 1.82) is 0 Å². The second kappa shape index (κ2) is 6.07. The molecule has 2 heterocycles. The van der Waals surface area contributed by atoms with E-state index in [-0.39, 0.29) is 12.0 Å². The van der Waals surface area contributed by atoms with Gasteiger partial charge in [-0.3, -0.25) is 4.79 Å². The number of ether oxygens (including phenoxy) is 1. The summed E-state index contributed by atoms with van der Waals surface area (Å²) in [6.45, 7) is 7.04. The molecule has 1 aromatic heterocycles. The third-order valence-corrected chi connectivity index (χ3v) is 3.61. The molecule has 1 N–H and O–H groups in total. The number of aliphatic carboxylic acids is 1. The summed E-state index contributed by atoms with van der Waals surface area (Å²) in [5.74, 6) is 1.10. The quantitative estimate of drug-likeness (QED) is 0.907. The van der Waals surface area contributed by atoms with E-state index < -0.39 is 5.97 Å². The van der Waals surface area contributed by atoms with E-state index in [1.54, 1.807) is 0 Å². The van der Waals surface area contributed by atoms with Gasteiger partial charge in [-0.25, -0.2) is 4.98 Å². The highest BCUT2D eigenvalue weighted by Crippen LogP contribution is 2.28. The van der Waals surface area contributed by atoms with Gasteiger partial charge in [-0.15, -0.1) is 0 Å². The summed E-state index contributed by atoms with van der Waals surface area (Å²) in [6, 6.07) is 1.97. The van der Waals surface area contributed by atoms with E-state index >= 15 is 0 Å². The van der Waals surface area contributed by atoms with Crippen LogP contribution in [-0.4, -0.2) is 40.2 Å². The second-order valence-corrected chi connectivity index (χ2v) is 5.15. The Hall–Kier alpha value is -1.85. The van der Waals surface area contributed by atoms with Crippen molar-refractivity contribution in [3.63, 3.8) is 0 Å². The van der Waals surface area contributed by atoms with Crippen LogP contribution in [0.3, 0.4) is 0 Å². The number of carbonyl (C=O) groups is 1. The Morgan fingerprint density at radius 2 is 2.30 bits per heavy atom. The van der Waals surface area contributed by atoms with Crippen molar-refractivity contribution >= 4 is 11.8 Å². The SMILES string of the molecule is CCOc1cc(N2CCC(C(=O)O)CC2C)nc(C)n1. The molecule has 0 aromatic carbocycles. The molecular weight excluding hydrogens is 258 g/mol. The zero-order valence-electron chi connectivity index (χ0n) is 12.2. The van der Waals surface area contributed by atoms with Gasteiger partial charge in [0.15, 0.2) is 0 Å². The van der Waals surface area contributed by atoms with Crippen molar-refractivity contribution in [2.45, 2.75) is 39.7 Å². The van der Waals surface area contributed by atoms with E-state index in [1.165, 1.54) is 0 Å². The van der Waals surface area contributed by atoms with Crippen LogP contribution in [0.1, 0.15) is 32.5 Å². The summed E-state index contributed by atoms with van der Waals surface area (Å²) in [5, 5.41) is 9.11. The molecule has 0 saturated carbocycles. The molecule has 2 unspecified atom stereocenters. The molecule has 0 amide bonds. The first-order valence-electron chi connectivity index (χ1n) is 6.99. The van der Waals surface area contributed by atoms with E-state index in [2.05, 4.69) is 14.9 Å². The Kier molecular flexibility index (Phi) is 4.42. The monoisotopic (exact) mass is 279 g/mol. The summed E-state index contributed by atoms with van der Waals surface area (Å²) in [6.07, 6.45) is 1.29. The Morgan fingerprint density at radius 3 is 2.90 bits per heavy atom. The third-order valence-electron chi connectivity index (χ3n) is 3.61. The van der Waals surface area contributed by atoms with Crippen LogP contribution < -0.4 is 9.64 Å². The van der Waals surface area contributed by atoms with Crippen molar-refractivity contribution in [2.24, 2.45) is 5.92 Å². The summed E-state index contributed by atoms with van der Waals surface area (Å²) in [7, 11) is 0. The molecule has 1 aliphatic heterocycles. The van der Waals surface area contributed by atoms with Gasteiger partial charge in [0.05, 0.1) is 12.5 Å². The number of aryl methyl sites for hydroxylation is 1. The highest BCUT2D eigenvalue weighted by atomic mass is 16.5. The van der Waals surface area contributed by atoms with E-state index in [4.69, 9.17) is 9.84 Å². The van der Waals surface area contributed by atoms with Crippen molar-refractivity contribution in [3.8, 4) is 5.88 Å². The van der Waals surface area contributed by atoms with Gasteiger partial charge in [-0.05, 0) is 33.6 Å². The smallest absolute Gasteiger partial charge is 0.306 e. The molecule has 1 aromatic rings. The molecule has 0 bridgehead atoms. The van der Waals surface area contributed by atoms with Crippen LogP contribution in [0.25, 0.3) is 0 Å². The van der Waals surface area contributed by atoms with Gasteiger partial charge < -0.3 is 14.7 Å². The molecule has 2 atom stereocenters. The number of nitrogens with zero attached hydrogens (tertiary/aromatic N) is 3. The molecule has 110 valence electrons. The Balaban J connectivity index is 2.17. The second-order valence-electron chi connectivity index (χ2n) is 5.15. The number of hydrogen-bond acceptors (Lipinski definition) is 5. The van der Waals surface area contributed by atoms with Gasteiger partial charge >= 0.3 is 5.97 Å². The lowest BCUT2D eigenvalue weighted by atomic mass is 9.92. The van der Waals surface area contributed by atoms with Crippen molar-refractivity contribution in [1.82, 2.24) is 9.97 Å². The number of piperidine rings is 1. The van der Waals surface area contributed by atoms with Gasteiger partial charge in [0, 0.05) is 18.7 Å². The average Bonchev–Trinajstić information content (AvgIpc) is 2.38. The average molecular weight is 279 g/mol. The van der Waals surface area contributed by atoms with Crippen LogP contribution in [0, 0.1) is 12.8 Å². The molecule has 6 nitrogen and oxygen atoms in total. The maximum Gasteiger partial charge on any atom is 0.306 e. The molecule has 0 aliphatic carbocycles. The van der Waals surface area contributed by atoms with Gasteiger partial charge in [0.2, 0.25) is 5.88 Å². The predicted molar refractivity (Wildman–Crippen MR) is 75.1 cm³/mol. The minimum atomic E-state index is -0.703. The molecule has 20 heavy (non-hydrogen) atoms. The summed E-state index contributed by atoms with van der Waals surface area (Å²) in [5.41, 5.74) is 0. The minimum absolute atomic E-state index is 0.147. The number of hydrogen-bond donors (Lipinski definition) is 1. The summed E-state index contributed by atoms with van der Waals surface area (Å²) < 4.78 is 5.44. The minimum Gasteiger partial charge on any atom is -0.481 e. The first-order valence-corrected chi connectivity index (χ1v) is 6.99. The standard InChI is InChI=1S/C14H21N3O3/c1-4-20-13-8-12(15-10(3)16-13)17-6-5-11(14(18)19)7-9(17)2/h8-9,11H,4-7H2,1-3H3,(H,18,19). The Bertz CT molecular complexity index is 493. The normalized spacial score (nSPS) is 22.6. The van der Waals surface area contributed by atoms with E-state index in [1.807, 2.05) is 26.8 Å². The van der Waals surface area contributed by atoms with E-state index in [0.717, 1.165) is 5.82 Å². The Labute approximate surface area is 118 Å². The lowest BCUT2D eigenvalue weighted by Crippen LogP contribution is -2.43. The first kappa shape index (κ1) is 14.6. The third kappa shape index (κ3) is 3.18. The maximum absolute atomic E-state index is 11.1. The fourth-order valence-electron chi connectivity index (χ4n) is 2.63. The van der Waals surface area contributed by atoms with Crippen LogP contribution in [0.15, 0.2) is 6.07 Å². The fourth-order valence-corrected chi connectivity index (χ4v) is 2.63. The molecule has 2 rings (SSSR count). The summed E-state index contributed by atoms with van der Waals surface area (Å²) in [4.78, 5) is 21.9. The molecular formula is C14H21N3O3. The molecule has 0 spiro atoms. The van der Waals surface area contributed by atoms with Gasteiger partial charge in [0.25, 0.3) is 0 Å². The zero-order chi connectivity index (χ0) is 14.7. The van der Waals surface area contributed by atoms with Crippen LogP contribution >= 0.6 is 0 Å². The van der Waals surface area contributed by atoms with Crippen LogP contribution in [0.2, 0.25) is 0 Å². The predicted octanol–water partition coefficient (Wildman–Crippen LogP) is 1.87. The zero-order valence-corrected chi connectivity index (χ0v) is 12.2. The van der Waals surface area contributed by atoms with Crippen LogP contribution in [-0.2, 0) is 4.79 Å². The molecule has 1 aliphatic rings. The highest BCUT2D eigenvalue weighted by Gasteiger charge is 2.30. The Morgan fingerprint density at radius 1 is 1.55 bits per heavy atom. The number of anilines is 1. The molecule has 6 heteroatoms. The topological polar surface area (TPSA) is 75.5 Å². The molecule has 1 fully saturated rings. The van der Waals surface area contributed by atoms with Crippen LogP contribution in [0.4, 0.5) is 5.82 Å². The van der Waals surface area contributed by atoms with Gasteiger partial charge in [0.1, 0.15) is 11.6 Å². The fraction of sp³-hybridized carbons (Fsp3) is 0.643. The molecule has 0 radical (unpaired) electrons. The van der Waals surface area contributed by atoms with Gasteiger partial charge in [-0.1, -0.05) is 0 Å². The van der Waals surface area contributed by atoms with Crippen molar-refractivity contribution in [2.75, 3.05) is 18.1 Å². The highest BCUT2D eigenvalue weighted by molar-refractivity contribution is 5.70. The van der Waals surface area contributed by atoms with E-state index in [0.29, 0.717) is 37.7 Å². The van der Waals surface area contributed by atoms with Crippen LogP contribution in [0.5, 0.6) is 5.88 Å². The lowest BCUT2D eigenvalue weighted by molar-refractivity contribution is -0.142. The first-order chi connectivity index (χ1) is 9.51. The number of rotatable bonds is 4. The van der Waals surface area contributed by atoms with E-state index in [9.17, 15) is 4.79 Å². The van der Waals surface area contributed by atoms with Gasteiger partial charge in [-0.2, -0.15) is 4.98 Å². The van der Waals surface area contributed by atoms with Crippen molar-refractivity contribution in [3.05, 3.63) is 11.9 Å². The molecule has 1 saturated heterocycles. The van der Waals surface area contributed by atoms with Crippen molar-refractivity contribution < 1.29 is 14.6 Å².